The van der Waals surface area contributed by atoms with Gasteiger partial charge in [-0.05, 0) is 54.6 Å². The summed E-state index contributed by atoms with van der Waals surface area (Å²) in [5.41, 5.74) is -0.153. The lowest BCUT2D eigenvalue weighted by molar-refractivity contribution is 0.101. The van der Waals surface area contributed by atoms with Crippen LogP contribution in [0.1, 0.15) is 10.4 Å². The van der Waals surface area contributed by atoms with Crippen molar-refractivity contribution < 1.29 is 26.2 Å². The molecule has 0 aliphatic carbocycles. The van der Waals surface area contributed by atoms with Crippen molar-refractivity contribution in [3.05, 3.63) is 88.4 Å². The van der Waals surface area contributed by atoms with Crippen LogP contribution < -0.4 is 9.50 Å². The number of aromatic nitrogens is 2. The van der Waals surface area contributed by atoms with Crippen molar-refractivity contribution in [2.75, 3.05) is 5.32 Å². The fraction of sp³-hybridized carbons (Fsp3) is 0. The molecule has 33 heavy (non-hydrogen) atoms. The van der Waals surface area contributed by atoms with Crippen LogP contribution in [0.15, 0.2) is 76.1 Å². The number of benzene rings is 3. The number of hydrogen-bond acceptors (Lipinski definition) is 7. The number of amides is 1. The van der Waals surface area contributed by atoms with E-state index < -0.39 is 33.2 Å². The van der Waals surface area contributed by atoms with E-state index in [1.165, 1.54) is 24.3 Å². The zero-order valence-electron chi connectivity index (χ0n) is 16.3. The first-order valence-corrected chi connectivity index (χ1v) is 12.1. The van der Waals surface area contributed by atoms with Crippen molar-refractivity contribution in [1.82, 2.24) is 10.2 Å². The fourth-order valence-corrected chi connectivity index (χ4v) is 4.99. The number of nitrogens with zero attached hydrogens (tertiary/aromatic N) is 2. The molecule has 1 heterocycles. The van der Waals surface area contributed by atoms with Crippen molar-refractivity contribution in [1.29, 1.82) is 0 Å². The highest BCUT2D eigenvalue weighted by molar-refractivity contribution is 9.10. The van der Waals surface area contributed by atoms with E-state index in [0.29, 0.717) is 15.0 Å². The lowest BCUT2D eigenvalue weighted by Gasteiger charge is -2.07. The number of carbonyl (C=O) groups excluding carboxylic acids is 1. The van der Waals surface area contributed by atoms with Crippen LogP contribution in [0.2, 0.25) is 0 Å². The van der Waals surface area contributed by atoms with Gasteiger partial charge in [0.15, 0.2) is 0 Å². The number of rotatable bonds is 6. The van der Waals surface area contributed by atoms with Crippen molar-refractivity contribution >= 4 is 48.4 Å². The quantitative estimate of drug-likeness (QED) is 0.328. The molecule has 0 saturated heterocycles. The van der Waals surface area contributed by atoms with Crippen LogP contribution in [0.3, 0.4) is 0 Å². The summed E-state index contributed by atoms with van der Waals surface area (Å²) in [5.74, 6) is -2.89. The molecular formula is C21H12BrF2N3O4S2. The Hall–Kier alpha value is -3.22. The van der Waals surface area contributed by atoms with E-state index in [0.717, 1.165) is 29.5 Å². The average molecular weight is 552 g/mol. The van der Waals surface area contributed by atoms with Gasteiger partial charge in [-0.25, -0.2) is 8.78 Å². The summed E-state index contributed by atoms with van der Waals surface area (Å²) >= 11 is 4.19. The molecule has 168 valence electrons. The maximum atomic E-state index is 13.8. The van der Waals surface area contributed by atoms with Crippen LogP contribution in [-0.4, -0.2) is 24.5 Å². The minimum Gasteiger partial charge on any atom is -0.379 e. The zero-order chi connectivity index (χ0) is 23.6. The van der Waals surface area contributed by atoms with Gasteiger partial charge < -0.3 is 4.18 Å². The topological polar surface area (TPSA) is 98.2 Å². The first-order valence-electron chi connectivity index (χ1n) is 9.12. The van der Waals surface area contributed by atoms with E-state index in [1.54, 1.807) is 24.3 Å². The number of anilines is 1. The van der Waals surface area contributed by atoms with Crippen LogP contribution in [0, 0.1) is 11.6 Å². The molecule has 4 aromatic rings. The molecule has 7 nitrogen and oxygen atoms in total. The maximum Gasteiger partial charge on any atom is 0.339 e. The Morgan fingerprint density at radius 3 is 2.30 bits per heavy atom. The van der Waals surface area contributed by atoms with Gasteiger partial charge in [-0.2, -0.15) is 8.42 Å². The number of carbonyl (C=O) groups is 1. The second-order valence-corrected chi connectivity index (χ2v) is 9.92. The van der Waals surface area contributed by atoms with Gasteiger partial charge in [0.2, 0.25) is 5.13 Å². The molecule has 0 bridgehead atoms. The monoisotopic (exact) mass is 551 g/mol. The zero-order valence-corrected chi connectivity index (χ0v) is 19.5. The smallest absolute Gasteiger partial charge is 0.339 e. The molecule has 0 fully saturated rings. The third-order valence-electron chi connectivity index (χ3n) is 4.23. The van der Waals surface area contributed by atoms with Gasteiger partial charge in [-0.1, -0.05) is 39.4 Å². The molecule has 0 atom stereocenters. The molecular weight excluding hydrogens is 540 g/mol. The van der Waals surface area contributed by atoms with Crippen LogP contribution in [0.4, 0.5) is 13.9 Å². The molecule has 0 radical (unpaired) electrons. The van der Waals surface area contributed by atoms with Crippen molar-refractivity contribution in [3.63, 3.8) is 0 Å². The standard InChI is InChI=1S/C21H12BrF2N3O4S2/c22-13-3-1-4-15(11-13)33(29,30)31-14-9-7-12(8-10-14)20-26-27-21(32-20)25-19(28)18-16(23)5-2-6-17(18)24/h1-11H,(H,25,27,28). The fourth-order valence-electron chi connectivity index (χ4n) is 2.72. The third kappa shape index (κ3) is 5.24. The first-order chi connectivity index (χ1) is 15.7. The highest BCUT2D eigenvalue weighted by Gasteiger charge is 2.20. The summed E-state index contributed by atoms with van der Waals surface area (Å²) < 4.78 is 58.1. The maximum absolute atomic E-state index is 13.8. The van der Waals surface area contributed by atoms with Gasteiger partial charge in [0.1, 0.15) is 32.9 Å². The number of hydrogen-bond donors (Lipinski definition) is 1. The molecule has 0 unspecified atom stereocenters. The van der Waals surface area contributed by atoms with E-state index in [1.807, 2.05) is 0 Å². The average Bonchev–Trinajstić information content (AvgIpc) is 3.22. The Balaban J connectivity index is 1.47. The van der Waals surface area contributed by atoms with Gasteiger partial charge in [0.05, 0.1) is 0 Å². The van der Waals surface area contributed by atoms with Gasteiger partial charge in [-0.3, -0.25) is 10.1 Å². The Morgan fingerprint density at radius 1 is 0.970 bits per heavy atom. The van der Waals surface area contributed by atoms with Gasteiger partial charge >= 0.3 is 10.1 Å². The van der Waals surface area contributed by atoms with Crippen molar-refractivity contribution in [2.45, 2.75) is 4.90 Å². The van der Waals surface area contributed by atoms with Crippen LogP contribution in [-0.2, 0) is 10.1 Å². The van der Waals surface area contributed by atoms with Gasteiger partial charge in [0.25, 0.3) is 5.91 Å². The summed E-state index contributed by atoms with van der Waals surface area (Å²) in [6.07, 6.45) is 0. The predicted molar refractivity (Wildman–Crippen MR) is 122 cm³/mol. The minimum atomic E-state index is -4.02. The van der Waals surface area contributed by atoms with E-state index in [4.69, 9.17) is 4.18 Å². The van der Waals surface area contributed by atoms with Gasteiger partial charge in [-0.15, -0.1) is 10.2 Å². The molecule has 4 rings (SSSR count). The van der Waals surface area contributed by atoms with E-state index in [2.05, 4.69) is 31.4 Å². The highest BCUT2D eigenvalue weighted by atomic mass is 79.9. The molecule has 3 aromatic carbocycles. The SMILES string of the molecule is O=C(Nc1nnc(-c2ccc(OS(=O)(=O)c3cccc(Br)c3)cc2)s1)c1c(F)cccc1F. The Kier molecular flexibility index (Phi) is 6.49. The Labute approximate surface area is 199 Å². The van der Waals surface area contributed by atoms with E-state index in [9.17, 15) is 22.0 Å². The summed E-state index contributed by atoms with van der Waals surface area (Å²) in [5, 5.41) is 10.5. The molecule has 0 aliphatic heterocycles. The second kappa shape index (κ2) is 9.33. The molecule has 1 N–H and O–H groups in total. The largest absolute Gasteiger partial charge is 0.379 e. The first kappa shape index (κ1) is 23.0. The van der Waals surface area contributed by atoms with E-state index >= 15 is 0 Å². The lowest BCUT2D eigenvalue weighted by atomic mass is 10.2. The normalized spacial score (nSPS) is 11.2. The van der Waals surface area contributed by atoms with Crippen LogP contribution in [0.5, 0.6) is 5.75 Å². The molecule has 12 heteroatoms. The number of nitrogens with one attached hydrogen (secondary N) is 1. The lowest BCUT2D eigenvalue weighted by Crippen LogP contribution is -2.15. The predicted octanol–water partition coefficient (Wildman–Crippen LogP) is 5.27. The van der Waals surface area contributed by atoms with Crippen LogP contribution in [0.25, 0.3) is 10.6 Å². The van der Waals surface area contributed by atoms with Crippen molar-refractivity contribution in [3.8, 4) is 16.3 Å². The summed E-state index contributed by atoms with van der Waals surface area (Å²) in [7, 11) is -4.02. The highest BCUT2D eigenvalue weighted by Crippen LogP contribution is 2.29. The third-order valence-corrected chi connectivity index (χ3v) is 6.85. The van der Waals surface area contributed by atoms with E-state index in [-0.39, 0.29) is 15.8 Å². The summed E-state index contributed by atoms with van der Waals surface area (Å²) in [6, 6.07) is 15.2. The second-order valence-electron chi connectivity index (χ2n) is 6.48. The molecule has 0 aliphatic rings. The Morgan fingerprint density at radius 2 is 1.64 bits per heavy atom. The minimum absolute atomic E-state index is 0.00301. The van der Waals surface area contributed by atoms with Gasteiger partial charge in [0, 0.05) is 10.0 Å². The van der Waals surface area contributed by atoms with Crippen molar-refractivity contribution in [2.24, 2.45) is 0 Å². The molecule has 0 spiro atoms. The van der Waals surface area contributed by atoms with Crippen LogP contribution >= 0.6 is 27.3 Å². The molecule has 1 aromatic heterocycles. The number of halogens is 3. The Bertz CT molecular complexity index is 1420. The molecule has 0 saturated carbocycles. The summed E-state index contributed by atoms with van der Waals surface area (Å²) in [4.78, 5) is 12.2. The molecule has 1 amide bonds. The summed E-state index contributed by atoms with van der Waals surface area (Å²) in [6.45, 7) is 0.